The van der Waals surface area contributed by atoms with E-state index in [1.165, 1.54) is 0 Å². The monoisotopic (exact) mass is 400 g/mol. The quantitative estimate of drug-likeness (QED) is 0.750. The Morgan fingerprint density at radius 1 is 1.21 bits per heavy atom. The summed E-state index contributed by atoms with van der Waals surface area (Å²) < 4.78 is 14.5. The van der Waals surface area contributed by atoms with Crippen molar-refractivity contribution in [3.05, 3.63) is 47.7 Å². The third kappa shape index (κ3) is 5.63. The Morgan fingerprint density at radius 2 is 1.93 bits per heavy atom. The molecule has 7 nitrogen and oxygen atoms in total. The van der Waals surface area contributed by atoms with Gasteiger partial charge in [0.15, 0.2) is 0 Å². The molecule has 0 atom stereocenters. The average molecular weight is 401 g/mol. The highest BCUT2D eigenvalue weighted by atomic mass is 19.1. The van der Waals surface area contributed by atoms with Crippen molar-refractivity contribution in [3.63, 3.8) is 0 Å². The molecular formula is C21H29FN6O. The van der Waals surface area contributed by atoms with Crippen molar-refractivity contribution in [2.75, 3.05) is 36.8 Å². The van der Waals surface area contributed by atoms with Crippen LogP contribution in [0.1, 0.15) is 42.7 Å². The Bertz CT molecular complexity index is 834. The molecule has 156 valence electrons. The first-order valence-electron chi connectivity index (χ1n) is 10.2. The molecule has 1 saturated carbocycles. The number of nitrogens with two attached hydrogens (primary N) is 1. The van der Waals surface area contributed by atoms with Gasteiger partial charge in [0.1, 0.15) is 11.5 Å². The summed E-state index contributed by atoms with van der Waals surface area (Å²) in [5.41, 5.74) is 7.43. The smallest absolute Gasteiger partial charge is 0.270 e. The highest BCUT2D eigenvalue weighted by Crippen LogP contribution is 2.22. The number of hydrogen-bond donors (Lipinski definition) is 2. The predicted molar refractivity (Wildman–Crippen MR) is 112 cm³/mol. The molecule has 0 aromatic carbocycles. The first-order chi connectivity index (χ1) is 14.1. The fourth-order valence-electron chi connectivity index (χ4n) is 3.27. The fraction of sp³-hybridized carbons (Fsp3) is 0.476. The molecule has 2 aromatic heterocycles. The van der Waals surface area contributed by atoms with Gasteiger partial charge in [0.2, 0.25) is 5.95 Å². The maximum Gasteiger partial charge on any atom is 0.270 e. The van der Waals surface area contributed by atoms with E-state index in [2.05, 4.69) is 20.2 Å². The average Bonchev–Trinajstić information content (AvgIpc) is 3.54. The molecule has 3 N–H and O–H groups in total. The van der Waals surface area contributed by atoms with Crippen LogP contribution in [0.4, 0.5) is 15.9 Å². The van der Waals surface area contributed by atoms with Gasteiger partial charge in [0.25, 0.3) is 5.91 Å². The van der Waals surface area contributed by atoms with Gasteiger partial charge in [0, 0.05) is 45.0 Å². The van der Waals surface area contributed by atoms with E-state index in [4.69, 9.17) is 5.73 Å². The summed E-state index contributed by atoms with van der Waals surface area (Å²) in [5.74, 6) is -0.372. The van der Waals surface area contributed by atoms with E-state index in [1.54, 1.807) is 18.3 Å². The molecule has 0 unspecified atom stereocenters. The lowest BCUT2D eigenvalue weighted by molar-refractivity contribution is 0.0945. The van der Waals surface area contributed by atoms with E-state index in [0.29, 0.717) is 24.6 Å². The molecule has 3 heterocycles. The van der Waals surface area contributed by atoms with Crippen molar-refractivity contribution in [2.24, 2.45) is 0 Å². The number of anilines is 2. The highest BCUT2D eigenvalue weighted by molar-refractivity contribution is 5.92. The van der Waals surface area contributed by atoms with E-state index >= 15 is 0 Å². The van der Waals surface area contributed by atoms with Gasteiger partial charge < -0.3 is 16.0 Å². The summed E-state index contributed by atoms with van der Waals surface area (Å²) >= 11 is 0. The van der Waals surface area contributed by atoms with Crippen molar-refractivity contribution in [3.8, 4) is 0 Å². The maximum absolute atomic E-state index is 14.5. The summed E-state index contributed by atoms with van der Waals surface area (Å²) in [5, 5.41) is 2.83. The van der Waals surface area contributed by atoms with Crippen LogP contribution in [0.2, 0.25) is 0 Å². The van der Waals surface area contributed by atoms with Crippen LogP contribution in [0.3, 0.4) is 0 Å². The number of carbonyl (C=O) groups is 1. The van der Waals surface area contributed by atoms with Gasteiger partial charge in [0.05, 0.1) is 5.69 Å². The molecule has 2 aromatic rings. The minimum Gasteiger partial charge on any atom is -0.384 e. The Hall–Kier alpha value is -2.74. The lowest BCUT2D eigenvalue weighted by atomic mass is 10.2. The molecule has 1 aliphatic carbocycles. The number of halogens is 1. The first-order valence-corrected chi connectivity index (χ1v) is 10.2. The van der Waals surface area contributed by atoms with Gasteiger partial charge in [-0.3, -0.25) is 9.69 Å². The van der Waals surface area contributed by atoms with Gasteiger partial charge in [-0.2, -0.15) is 4.39 Å². The second-order valence-corrected chi connectivity index (χ2v) is 7.11. The van der Waals surface area contributed by atoms with Crippen molar-refractivity contribution >= 4 is 17.4 Å². The number of nitrogens with zero attached hydrogens (tertiary/aromatic N) is 4. The Morgan fingerprint density at radius 3 is 2.55 bits per heavy atom. The minimum atomic E-state index is -0.589. The Labute approximate surface area is 171 Å². The summed E-state index contributed by atoms with van der Waals surface area (Å²) in [4.78, 5) is 24.2. The van der Waals surface area contributed by atoms with E-state index in [1.807, 2.05) is 30.9 Å². The van der Waals surface area contributed by atoms with E-state index in [0.717, 1.165) is 38.0 Å². The summed E-state index contributed by atoms with van der Waals surface area (Å²) in [6.07, 6.45) is 3.69. The summed E-state index contributed by atoms with van der Waals surface area (Å²) in [6.45, 7) is 7.82. The lowest BCUT2D eigenvalue weighted by Crippen LogP contribution is -2.46. The first kappa shape index (κ1) is 21.0. The van der Waals surface area contributed by atoms with Crippen LogP contribution >= 0.6 is 0 Å². The zero-order valence-electron chi connectivity index (χ0n) is 17.1. The van der Waals surface area contributed by atoms with Crippen molar-refractivity contribution in [1.29, 1.82) is 0 Å². The molecule has 29 heavy (non-hydrogen) atoms. The number of aromatic nitrogens is 2. The molecule has 0 radical (unpaired) electrons. The highest BCUT2D eigenvalue weighted by Gasteiger charge is 2.25. The third-order valence-corrected chi connectivity index (χ3v) is 4.94. The standard InChI is InChI=1S/C19H23FN6O.C2H6/c20-18-16(4-3-15(24-18)19(27)23-14-1-2-14)26-9-7-25(8-10-26)12-13-5-6-22-17(21)11-13;1-2/h3-6,11,14H,1-2,7-10,12H2,(H2,21,22)(H,23,27);1-2H3. The third-order valence-electron chi connectivity index (χ3n) is 4.94. The van der Waals surface area contributed by atoms with Crippen LogP contribution in [0.5, 0.6) is 0 Å². The largest absolute Gasteiger partial charge is 0.384 e. The van der Waals surface area contributed by atoms with E-state index in [-0.39, 0.29) is 17.6 Å². The molecule has 2 aliphatic rings. The molecule has 1 aliphatic heterocycles. The molecule has 1 amide bonds. The van der Waals surface area contributed by atoms with Crippen molar-refractivity contribution < 1.29 is 9.18 Å². The number of amides is 1. The zero-order chi connectivity index (χ0) is 20.8. The molecule has 8 heteroatoms. The van der Waals surface area contributed by atoms with Gasteiger partial charge in [-0.15, -0.1) is 0 Å². The summed E-state index contributed by atoms with van der Waals surface area (Å²) in [6, 6.07) is 7.32. The number of carbonyl (C=O) groups excluding carboxylic acids is 1. The zero-order valence-corrected chi connectivity index (χ0v) is 17.1. The number of nitrogens with one attached hydrogen (secondary N) is 1. The van der Waals surface area contributed by atoms with Gasteiger partial charge >= 0.3 is 0 Å². The maximum atomic E-state index is 14.5. The number of pyridine rings is 2. The van der Waals surface area contributed by atoms with Gasteiger partial charge in [-0.1, -0.05) is 13.8 Å². The molecule has 0 bridgehead atoms. The summed E-state index contributed by atoms with van der Waals surface area (Å²) in [7, 11) is 0. The molecule has 2 fully saturated rings. The number of hydrogen-bond acceptors (Lipinski definition) is 6. The van der Waals surface area contributed by atoms with E-state index in [9.17, 15) is 9.18 Å². The Balaban J connectivity index is 0.00000117. The van der Waals surface area contributed by atoms with Crippen molar-refractivity contribution in [2.45, 2.75) is 39.3 Å². The minimum absolute atomic E-state index is 0.136. The Kier molecular flexibility index (Phi) is 6.98. The van der Waals surface area contributed by atoms with Crippen molar-refractivity contribution in [1.82, 2.24) is 20.2 Å². The van der Waals surface area contributed by atoms with Gasteiger partial charge in [-0.25, -0.2) is 9.97 Å². The number of rotatable bonds is 5. The lowest BCUT2D eigenvalue weighted by Gasteiger charge is -2.36. The van der Waals surface area contributed by atoms with Crippen LogP contribution in [-0.2, 0) is 6.54 Å². The fourth-order valence-corrected chi connectivity index (χ4v) is 3.27. The normalized spacial score (nSPS) is 16.7. The van der Waals surface area contributed by atoms with Crippen LogP contribution in [0.15, 0.2) is 30.5 Å². The van der Waals surface area contributed by atoms with Crippen LogP contribution in [0, 0.1) is 5.95 Å². The molecule has 0 spiro atoms. The number of nitrogen functional groups attached to an aromatic ring is 1. The number of piperazine rings is 1. The van der Waals surface area contributed by atoms with Gasteiger partial charge in [-0.05, 0) is 42.7 Å². The van der Waals surface area contributed by atoms with E-state index < -0.39 is 5.95 Å². The van der Waals surface area contributed by atoms with Crippen LogP contribution < -0.4 is 16.0 Å². The molecule has 4 rings (SSSR count). The predicted octanol–water partition coefficient (Wildman–Crippen LogP) is 2.44. The van der Waals surface area contributed by atoms with Crippen LogP contribution in [0.25, 0.3) is 0 Å². The topological polar surface area (TPSA) is 87.4 Å². The van der Waals surface area contributed by atoms with Crippen LogP contribution in [-0.4, -0.2) is 53.0 Å². The second kappa shape index (κ2) is 9.65. The SMILES string of the molecule is CC.Nc1cc(CN2CCN(c3ccc(C(=O)NC4CC4)nc3F)CC2)ccn1. The molecule has 1 saturated heterocycles. The second-order valence-electron chi connectivity index (χ2n) is 7.11. The molecular weight excluding hydrogens is 371 g/mol.